The van der Waals surface area contributed by atoms with Gasteiger partial charge in [0, 0.05) is 17.5 Å². The third-order valence-electron chi connectivity index (χ3n) is 3.67. The van der Waals surface area contributed by atoms with E-state index in [1.54, 1.807) is 4.90 Å². The van der Waals surface area contributed by atoms with Crippen molar-refractivity contribution in [1.29, 1.82) is 0 Å². The molecule has 1 aromatic heterocycles. The predicted molar refractivity (Wildman–Crippen MR) is 82.2 cm³/mol. The number of hydrogen-bond donors (Lipinski definition) is 2. The molecule has 112 valence electrons. The highest BCUT2D eigenvalue weighted by Gasteiger charge is 2.22. The van der Waals surface area contributed by atoms with Crippen LogP contribution in [-0.4, -0.2) is 34.7 Å². The zero-order valence-electron chi connectivity index (χ0n) is 11.6. The van der Waals surface area contributed by atoms with Gasteiger partial charge in [-0.05, 0) is 44.7 Å². The molecule has 2 amide bonds. The fourth-order valence-electron chi connectivity index (χ4n) is 2.44. The fourth-order valence-corrected chi connectivity index (χ4v) is 3.54. The van der Waals surface area contributed by atoms with Crippen LogP contribution in [0, 0.1) is 0 Å². The Morgan fingerprint density at radius 3 is 2.70 bits per heavy atom. The summed E-state index contributed by atoms with van der Waals surface area (Å²) in [5.74, 6) is 0. The quantitative estimate of drug-likeness (QED) is 0.896. The number of halogens is 1. The van der Waals surface area contributed by atoms with Gasteiger partial charge >= 0.3 is 6.03 Å². The minimum absolute atomic E-state index is 0.0292. The Kier molecular flexibility index (Phi) is 5.69. The van der Waals surface area contributed by atoms with Gasteiger partial charge in [0.1, 0.15) is 0 Å². The summed E-state index contributed by atoms with van der Waals surface area (Å²) in [6.07, 6.45) is 3.07. The molecule has 0 radical (unpaired) electrons. The third-order valence-corrected chi connectivity index (χ3v) is 4.88. The average molecular weight is 317 g/mol. The molecule has 0 atom stereocenters. The average Bonchev–Trinajstić information content (AvgIpc) is 2.84. The van der Waals surface area contributed by atoms with Crippen molar-refractivity contribution in [2.24, 2.45) is 0 Å². The number of hydrogen-bond acceptors (Lipinski definition) is 3. The smallest absolute Gasteiger partial charge is 0.317 e. The first-order chi connectivity index (χ1) is 9.58. The monoisotopic (exact) mass is 316 g/mol. The topological polar surface area (TPSA) is 52.6 Å². The Hall–Kier alpha value is -0.780. The van der Waals surface area contributed by atoms with Gasteiger partial charge in [0.15, 0.2) is 0 Å². The van der Waals surface area contributed by atoms with Crippen molar-refractivity contribution < 1.29 is 9.90 Å². The lowest BCUT2D eigenvalue weighted by Crippen LogP contribution is -2.46. The number of rotatable bonds is 4. The van der Waals surface area contributed by atoms with Crippen molar-refractivity contribution in [3.63, 3.8) is 0 Å². The summed E-state index contributed by atoms with van der Waals surface area (Å²) in [7, 11) is 0. The van der Waals surface area contributed by atoms with Crippen molar-refractivity contribution in [3.8, 4) is 0 Å². The first kappa shape index (κ1) is 15.6. The predicted octanol–water partition coefficient (Wildman–Crippen LogP) is 3.24. The van der Waals surface area contributed by atoms with Crippen molar-refractivity contribution in [2.45, 2.75) is 51.3 Å². The van der Waals surface area contributed by atoms with Crippen LogP contribution in [0.15, 0.2) is 12.1 Å². The molecule has 0 spiro atoms. The molecule has 1 fully saturated rings. The fraction of sp³-hybridized carbons (Fsp3) is 0.643. The molecule has 1 aliphatic rings. The molecule has 1 aliphatic carbocycles. The number of nitrogens with zero attached hydrogens (tertiary/aromatic N) is 1. The molecule has 0 unspecified atom stereocenters. The van der Waals surface area contributed by atoms with Crippen molar-refractivity contribution in [1.82, 2.24) is 10.2 Å². The molecule has 1 heterocycles. The van der Waals surface area contributed by atoms with E-state index in [0.717, 1.165) is 34.9 Å². The van der Waals surface area contributed by atoms with Gasteiger partial charge in [0.05, 0.1) is 17.0 Å². The van der Waals surface area contributed by atoms with E-state index >= 15 is 0 Å². The molecular formula is C14H21ClN2O2S. The van der Waals surface area contributed by atoms with Crippen LogP contribution < -0.4 is 5.32 Å². The molecule has 1 saturated carbocycles. The lowest BCUT2D eigenvalue weighted by Gasteiger charge is -2.29. The standard InChI is InChI=1S/C14H21ClN2O2S/c1-2-17(9-12-7-8-13(15)20-12)14(19)16-10-3-5-11(18)6-4-10/h7-8,10-11,18H,2-6,9H2,1H3,(H,16,19). The van der Waals surface area contributed by atoms with Crippen LogP contribution in [0.5, 0.6) is 0 Å². The Balaban J connectivity index is 1.85. The van der Waals surface area contributed by atoms with Crippen LogP contribution in [-0.2, 0) is 6.54 Å². The Morgan fingerprint density at radius 1 is 1.45 bits per heavy atom. The van der Waals surface area contributed by atoms with Gasteiger partial charge in [-0.25, -0.2) is 4.79 Å². The second kappa shape index (κ2) is 7.29. The lowest BCUT2D eigenvalue weighted by molar-refractivity contribution is 0.115. The number of carbonyl (C=O) groups excluding carboxylic acids is 1. The van der Waals surface area contributed by atoms with Crippen LogP contribution in [0.25, 0.3) is 0 Å². The Morgan fingerprint density at radius 2 is 2.15 bits per heavy atom. The van der Waals surface area contributed by atoms with Gasteiger partial charge in [0.2, 0.25) is 0 Å². The molecule has 0 aliphatic heterocycles. The van der Waals surface area contributed by atoms with Gasteiger partial charge in [-0.15, -0.1) is 11.3 Å². The normalized spacial score (nSPS) is 22.6. The number of amides is 2. The first-order valence-electron chi connectivity index (χ1n) is 7.06. The molecule has 0 saturated heterocycles. The van der Waals surface area contributed by atoms with Gasteiger partial charge < -0.3 is 15.3 Å². The van der Waals surface area contributed by atoms with Gasteiger partial charge in [-0.1, -0.05) is 11.6 Å². The van der Waals surface area contributed by atoms with Crippen LogP contribution >= 0.6 is 22.9 Å². The maximum absolute atomic E-state index is 12.3. The number of carbonyl (C=O) groups is 1. The second-order valence-electron chi connectivity index (χ2n) is 5.17. The molecular weight excluding hydrogens is 296 g/mol. The Bertz CT molecular complexity index is 444. The molecule has 4 nitrogen and oxygen atoms in total. The van der Waals surface area contributed by atoms with Crippen LogP contribution in [0.4, 0.5) is 4.79 Å². The van der Waals surface area contributed by atoms with Gasteiger partial charge in [-0.3, -0.25) is 0 Å². The molecule has 0 aromatic carbocycles. The summed E-state index contributed by atoms with van der Waals surface area (Å²) in [6, 6.07) is 3.97. The van der Waals surface area contributed by atoms with Crippen molar-refractivity contribution in [2.75, 3.05) is 6.54 Å². The van der Waals surface area contributed by atoms with Crippen LogP contribution in [0.1, 0.15) is 37.5 Å². The molecule has 20 heavy (non-hydrogen) atoms. The van der Waals surface area contributed by atoms with E-state index in [0.29, 0.717) is 13.1 Å². The van der Waals surface area contributed by atoms with Crippen molar-refractivity contribution in [3.05, 3.63) is 21.3 Å². The number of aliphatic hydroxyl groups excluding tert-OH is 1. The first-order valence-corrected chi connectivity index (χ1v) is 8.25. The highest BCUT2D eigenvalue weighted by Crippen LogP contribution is 2.23. The number of nitrogens with one attached hydrogen (secondary N) is 1. The van der Waals surface area contributed by atoms with E-state index in [1.165, 1.54) is 11.3 Å². The third kappa shape index (κ3) is 4.36. The molecule has 1 aromatic rings. The lowest BCUT2D eigenvalue weighted by atomic mass is 9.93. The van der Waals surface area contributed by atoms with E-state index in [2.05, 4.69) is 5.32 Å². The van der Waals surface area contributed by atoms with E-state index in [1.807, 2.05) is 19.1 Å². The molecule has 6 heteroatoms. The largest absolute Gasteiger partial charge is 0.393 e. The van der Waals surface area contributed by atoms with E-state index < -0.39 is 0 Å². The maximum Gasteiger partial charge on any atom is 0.317 e. The minimum atomic E-state index is -0.196. The molecule has 2 N–H and O–H groups in total. The summed E-state index contributed by atoms with van der Waals surface area (Å²) < 4.78 is 0.748. The molecule has 2 rings (SSSR count). The van der Waals surface area contributed by atoms with Crippen LogP contribution in [0.3, 0.4) is 0 Å². The highest BCUT2D eigenvalue weighted by molar-refractivity contribution is 7.16. The van der Waals surface area contributed by atoms with E-state index in [9.17, 15) is 9.90 Å². The summed E-state index contributed by atoms with van der Waals surface area (Å²) in [6.45, 7) is 3.23. The number of urea groups is 1. The van der Waals surface area contributed by atoms with Gasteiger partial charge in [0.25, 0.3) is 0 Å². The summed E-state index contributed by atoms with van der Waals surface area (Å²) in [5, 5.41) is 12.5. The van der Waals surface area contributed by atoms with E-state index in [4.69, 9.17) is 11.6 Å². The zero-order chi connectivity index (χ0) is 14.5. The zero-order valence-corrected chi connectivity index (χ0v) is 13.2. The Labute approximate surface area is 128 Å². The maximum atomic E-state index is 12.3. The summed E-state index contributed by atoms with van der Waals surface area (Å²) >= 11 is 7.42. The minimum Gasteiger partial charge on any atom is -0.393 e. The summed E-state index contributed by atoms with van der Waals surface area (Å²) in [4.78, 5) is 15.1. The number of thiophene rings is 1. The SMILES string of the molecule is CCN(Cc1ccc(Cl)s1)C(=O)NC1CCC(O)CC1. The van der Waals surface area contributed by atoms with Gasteiger partial charge in [-0.2, -0.15) is 0 Å². The summed E-state index contributed by atoms with van der Waals surface area (Å²) in [5.41, 5.74) is 0. The van der Waals surface area contributed by atoms with Crippen molar-refractivity contribution >= 4 is 29.0 Å². The van der Waals surface area contributed by atoms with E-state index in [-0.39, 0.29) is 18.2 Å². The second-order valence-corrected chi connectivity index (χ2v) is 6.97. The highest BCUT2D eigenvalue weighted by atomic mass is 35.5. The molecule has 0 bridgehead atoms. The number of aliphatic hydroxyl groups is 1. The van der Waals surface area contributed by atoms with Crippen LogP contribution in [0.2, 0.25) is 4.34 Å².